The highest BCUT2D eigenvalue weighted by Crippen LogP contribution is 2.25. The van der Waals surface area contributed by atoms with E-state index in [0.717, 1.165) is 29.2 Å². The molecule has 1 aromatic carbocycles. The van der Waals surface area contributed by atoms with E-state index >= 15 is 0 Å². The number of aromatic nitrogens is 1. The van der Waals surface area contributed by atoms with E-state index in [-0.39, 0.29) is 11.9 Å². The molecule has 0 fully saturated rings. The maximum Gasteiger partial charge on any atom is 0.230 e. The van der Waals surface area contributed by atoms with Crippen LogP contribution < -0.4 is 0 Å². The first-order chi connectivity index (χ1) is 12.3. The number of hydrogen-bond acceptors (Lipinski definition) is 1. The van der Waals surface area contributed by atoms with Crippen molar-refractivity contribution in [2.24, 2.45) is 5.41 Å². The Morgan fingerprint density at radius 1 is 1.27 bits per heavy atom. The predicted molar refractivity (Wildman–Crippen MR) is 110 cm³/mol. The number of nitrogens with zero attached hydrogens (tertiary/aromatic N) is 2. The summed E-state index contributed by atoms with van der Waals surface area (Å²) < 4.78 is 2.17. The number of amides is 1. The van der Waals surface area contributed by atoms with Crippen molar-refractivity contribution in [2.75, 3.05) is 5.88 Å². The lowest BCUT2D eigenvalue weighted by atomic mass is 9.93. The molecule has 26 heavy (non-hydrogen) atoms. The van der Waals surface area contributed by atoms with Gasteiger partial charge in [-0.15, -0.1) is 11.6 Å². The first kappa shape index (κ1) is 20.9. The maximum absolute atomic E-state index is 13.1. The molecule has 0 aliphatic carbocycles. The molecule has 0 saturated carbocycles. The number of halogens is 2. The summed E-state index contributed by atoms with van der Waals surface area (Å²) in [6, 6.07) is 12.1. The van der Waals surface area contributed by atoms with Gasteiger partial charge < -0.3 is 9.47 Å². The van der Waals surface area contributed by atoms with Crippen molar-refractivity contribution in [2.45, 2.75) is 53.2 Å². The highest BCUT2D eigenvalue weighted by Gasteiger charge is 2.33. The first-order valence-corrected chi connectivity index (χ1v) is 9.95. The summed E-state index contributed by atoms with van der Waals surface area (Å²) in [5.74, 6) is 0.403. The molecular weight excluding hydrogens is 367 g/mol. The number of rotatable bonds is 8. The minimum atomic E-state index is -0.574. The van der Waals surface area contributed by atoms with Crippen LogP contribution in [0.25, 0.3) is 0 Å². The minimum Gasteiger partial charge on any atom is -0.345 e. The SMILES string of the molecule is CCC(C)N(Cc1cccn1Cc1cccc(Cl)c1)C(=O)C(C)(C)CCl. The van der Waals surface area contributed by atoms with Crippen LogP contribution in [0, 0.1) is 5.41 Å². The molecular formula is C21H28Cl2N2O. The van der Waals surface area contributed by atoms with Gasteiger partial charge >= 0.3 is 0 Å². The first-order valence-electron chi connectivity index (χ1n) is 9.04. The van der Waals surface area contributed by atoms with E-state index in [1.165, 1.54) is 0 Å². The zero-order valence-corrected chi connectivity index (χ0v) is 17.5. The topological polar surface area (TPSA) is 25.2 Å². The number of hydrogen-bond donors (Lipinski definition) is 0. The van der Waals surface area contributed by atoms with Gasteiger partial charge in [-0.05, 0) is 57.0 Å². The summed E-state index contributed by atoms with van der Waals surface area (Å²) in [7, 11) is 0. The Labute approximate surface area is 166 Å². The van der Waals surface area contributed by atoms with Crippen LogP contribution in [0.3, 0.4) is 0 Å². The van der Waals surface area contributed by atoms with Gasteiger partial charge in [-0.25, -0.2) is 0 Å². The number of benzene rings is 1. The summed E-state index contributed by atoms with van der Waals surface area (Å²) in [6.07, 6.45) is 2.95. The lowest BCUT2D eigenvalue weighted by Crippen LogP contribution is -2.46. The summed E-state index contributed by atoms with van der Waals surface area (Å²) in [4.78, 5) is 15.0. The second-order valence-electron chi connectivity index (χ2n) is 7.47. The van der Waals surface area contributed by atoms with Crippen LogP contribution in [0.2, 0.25) is 5.02 Å². The van der Waals surface area contributed by atoms with E-state index in [1.807, 2.05) is 49.2 Å². The van der Waals surface area contributed by atoms with Gasteiger partial charge in [0.2, 0.25) is 5.91 Å². The average Bonchev–Trinajstić information content (AvgIpc) is 3.05. The summed E-state index contributed by atoms with van der Waals surface area (Å²) in [5, 5.41) is 0.733. The highest BCUT2D eigenvalue weighted by molar-refractivity contribution is 6.30. The number of carbonyl (C=O) groups excluding carboxylic acids is 1. The van der Waals surface area contributed by atoms with Crippen molar-refractivity contribution < 1.29 is 4.79 Å². The third-order valence-electron chi connectivity index (χ3n) is 4.79. The van der Waals surface area contributed by atoms with Crippen molar-refractivity contribution in [3.05, 3.63) is 58.9 Å². The van der Waals surface area contributed by atoms with Crippen LogP contribution >= 0.6 is 23.2 Å². The van der Waals surface area contributed by atoms with E-state index < -0.39 is 5.41 Å². The molecule has 2 aromatic rings. The smallest absolute Gasteiger partial charge is 0.230 e. The molecule has 3 nitrogen and oxygen atoms in total. The van der Waals surface area contributed by atoms with Crippen molar-refractivity contribution in [1.82, 2.24) is 9.47 Å². The normalized spacial score (nSPS) is 12.8. The van der Waals surface area contributed by atoms with Crippen molar-refractivity contribution in [3.63, 3.8) is 0 Å². The lowest BCUT2D eigenvalue weighted by Gasteiger charge is -2.35. The van der Waals surface area contributed by atoms with Gasteiger partial charge in [0, 0.05) is 35.4 Å². The predicted octanol–water partition coefficient (Wildman–Crippen LogP) is 5.58. The van der Waals surface area contributed by atoms with E-state index in [0.29, 0.717) is 12.4 Å². The highest BCUT2D eigenvalue weighted by atomic mass is 35.5. The fourth-order valence-corrected chi connectivity index (χ4v) is 3.18. The minimum absolute atomic E-state index is 0.0948. The van der Waals surface area contributed by atoms with Crippen LogP contribution in [0.5, 0.6) is 0 Å². The summed E-state index contributed by atoms with van der Waals surface area (Å²) in [5.41, 5.74) is 1.66. The van der Waals surface area contributed by atoms with Crippen molar-refractivity contribution >= 4 is 29.1 Å². The molecule has 1 unspecified atom stereocenters. The van der Waals surface area contributed by atoms with Crippen molar-refractivity contribution in [3.8, 4) is 0 Å². The lowest BCUT2D eigenvalue weighted by molar-refractivity contribution is -0.142. The molecule has 0 spiro atoms. The Morgan fingerprint density at radius 3 is 2.62 bits per heavy atom. The fourth-order valence-electron chi connectivity index (χ4n) is 2.85. The van der Waals surface area contributed by atoms with Gasteiger partial charge in [-0.1, -0.05) is 30.7 Å². The Balaban J connectivity index is 2.24. The Hall–Kier alpha value is -1.45. The molecule has 0 bridgehead atoms. The van der Waals surface area contributed by atoms with Crippen LogP contribution in [-0.2, 0) is 17.9 Å². The van der Waals surface area contributed by atoms with Crippen LogP contribution in [-0.4, -0.2) is 27.3 Å². The second-order valence-corrected chi connectivity index (χ2v) is 8.17. The van der Waals surface area contributed by atoms with Crippen molar-refractivity contribution in [1.29, 1.82) is 0 Å². The molecule has 1 amide bonds. The summed E-state index contributed by atoms with van der Waals surface area (Å²) >= 11 is 12.2. The molecule has 1 aromatic heterocycles. The van der Waals surface area contributed by atoms with Gasteiger partial charge in [0.15, 0.2) is 0 Å². The third kappa shape index (κ3) is 5.05. The molecule has 0 aliphatic heterocycles. The van der Waals surface area contributed by atoms with E-state index in [4.69, 9.17) is 23.2 Å². The largest absolute Gasteiger partial charge is 0.345 e. The van der Waals surface area contributed by atoms with Gasteiger partial charge in [-0.2, -0.15) is 0 Å². The molecule has 142 valence electrons. The summed E-state index contributed by atoms with van der Waals surface area (Å²) in [6.45, 7) is 9.30. The maximum atomic E-state index is 13.1. The Bertz CT molecular complexity index is 739. The molecule has 0 saturated heterocycles. The third-order valence-corrected chi connectivity index (χ3v) is 5.70. The quantitative estimate of drug-likeness (QED) is 0.536. The molecule has 2 rings (SSSR count). The Kier molecular flexibility index (Phi) is 7.19. The molecule has 1 heterocycles. The van der Waals surface area contributed by atoms with Gasteiger partial charge in [0.1, 0.15) is 0 Å². The van der Waals surface area contributed by atoms with Gasteiger partial charge in [-0.3, -0.25) is 4.79 Å². The van der Waals surface area contributed by atoms with E-state index in [9.17, 15) is 4.79 Å². The number of carbonyl (C=O) groups is 1. The van der Waals surface area contributed by atoms with Crippen LogP contribution in [0.15, 0.2) is 42.6 Å². The van der Waals surface area contributed by atoms with Gasteiger partial charge in [0.05, 0.1) is 12.0 Å². The average molecular weight is 395 g/mol. The second kappa shape index (κ2) is 8.96. The molecule has 1 atom stereocenters. The van der Waals surface area contributed by atoms with E-state index in [1.54, 1.807) is 0 Å². The molecule has 0 radical (unpaired) electrons. The molecule has 5 heteroatoms. The van der Waals surface area contributed by atoms with E-state index in [2.05, 4.69) is 30.5 Å². The standard InChI is InChI=1S/C21H28Cl2N2O/c1-5-16(2)25(20(26)21(3,4)15-22)14-19-10-7-11-24(19)13-17-8-6-9-18(23)12-17/h6-12,16H,5,13-15H2,1-4H3. The molecule has 0 aliphatic rings. The Morgan fingerprint density at radius 2 is 2.00 bits per heavy atom. The monoisotopic (exact) mass is 394 g/mol. The number of alkyl halides is 1. The van der Waals surface area contributed by atoms with Crippen LogP contribution in [0.4, 0.5) is 0 Å². The fraction of sp³-hybridized carbons (Fsp3) is 0.476. The molecule has 0 N–H and O–H groups in total. The van der Waals surface area contributed by atoms with Gasteiger partial charge in [0.25, 0.3) is 0 Å². The zero-order chi connectivity index (χ0) is 19.3. The van der Waals surface area contributed by atoms with Crippen LogP contribution in [0.1, 0.15) is 45.4 Å². The zero-order valence-electron chi connectivity index (χ0n) is 16.0.